The average molecular weight is 270 g/mol. The minimum atomic E-state index is -1.02. The Balaban J connectivity index is 4.34. The van der Waals surface area contributed by atoms with Crippen LogP contribution in [0.5, 0.6) is 0 Å². The second-order valence-electron chi connectivity index (χ2n) is 4.80. The van der Waals surface area contributed by atoms with Crippen molar-refractivity contribution >= 4 is 5.91 Å². The molecule has 0 aliphatic heterocycles. The number of hydrogen-bond donors (Lipinski definition) is 2. The molecule has 0 saturated heterocycles. The number of rotatable bonds is 8. The van der Waals surface area contributed by atoms with E-state index in [4.69, 9.17) is 10.6 Å². The van der Waals surface area contributed by atoms with Crippen LogP contribution in [0.4, 0.5) is 0 Å². The first-order chi connectivity index (χ1) is 8.84. The predicted octanol–water partition coefficient (Wildman–Crippen LogP) is 1.39. The van der Waals surface area contributed by atoms with E-state index in [1.165, 1.54) is 7.05 Å². The maximum atomic E-state index is 11.9. The maximum absolute atomic E-state index is 11.9. The van der Waals surface area contributed by atoms with E-state index in [9.17, 15) is 9.90 Å². The number of allylic oxidation sites excluding steroid dienone is 3. The number of amides is 1. The zero-order chi connectivity index (χ0) is 14.9. The quantitative estimate of drug-likeness (QED) is 0.397. The number of hydrogen-bond acceptors (Lipinski definition) is 4. The van der Waals surface area contributed by atoms with Crippen molar-refractivity contribution in [2.75, 3.05) is 20.2 Å². The zero-order valence-electron chi connectivity index (χ0n) is 12.3. The van der Waals surface area contributed by atoms with Gasteiger partial charge in [0.25, 0.3) is 5.91 Å². The SMILES string of the molecule is CC/C=C\C=C(/C)C(=O)N(C)OCC(C)(O)CCN. The highest BCUT2D eigenvalue weighted by Crippen LogP contribution is 2.10. The lowest BCUT2D eigenvalue weighted by atomic mass is 10.0. The fourth-order valence-electron chi connectivity index (χ4n) is 1.35. The third-order valence-corrected chi connectivity index (χ3v) is 2.59. The molecule has 0 spiro atoms. The highest BCUT2D eigenvalue weighted by Gasteiger charge is 2.22. The lowest BCUT2D eigenvalue weighted by Gasteiger charge is -2.25. The fourth-order valence-corrected chi connectivity index (χ4v) is 1.35. The molecule has 3 N–H and O–H groups in total. The fraction of sp³-hybridized carbons (Fsp3) is 0.643. The van der Waals surface area contributed by atoms with Gasteiger partial charge in [-0.3, -0.25) is 9.63 Å². The van der Waals surface area contributed by atoms with Crippen molar-refractivity contribution in [3.63, 3.8) is 0 Å². The van der Waals surface area contributed by atoms with Crippen LogP contribution >= 0.6 is 0 Å². The van der Waals surface area contributed by atoms with Gasteiger partial charge < -0.3 is 10.8 Å². The van der Waals surface area contributed by atoms with Gasteiger partial charge in [0.2, 0.25) is 0 Å². The van der Waals surface area contributed by atoms with Crippen molar-refractivity contribution in [3.8, 4) is 0 Å². The van der Waals surface area contributed by atoms with E-state index < -0.39 is 5.60 Å². The maximum Gasteiger partial charge on any atom is 0.272 e. The van der Waals surface area contributed by atoms with Gasteiger partial charge in [0.05, 0.1) is 5.60 Å². The number of carbonyl (C=O) groups excluding carboxylic acids is 1. The van der Waals surface area contributed by atoms with Gasteiger partial charge in [-0.05, 0) is 33.2 Å². The monoisotopic (exact) mass is 270 g/mol. The van der Waals surface area contributed by atoms with Gasteiger partial charge >= 0.3 is 0 Å². The van der Waals surface area contributed by atoms with Gasteiger partial charge in [0, 0.05) is 12.6 Å². The lowest BCUT2D eigenvalue weighted by Crippen LogP contribution is -2.38. The number of hydroxylamine groups is 2. The Morgan fingerprint density at radius 1 is 1.53 bits per heavy atom. The Labute approximate surface area is 115 Å². The summed E-state index contributed by atoms with van der Waals surface area (Å²) in [6.07, 6.45) is 6.88. The number of nitrogens with zero attached hydrogens (tertiary/aromatic N) is 1. The van der Waals surface area contributed by atoms with E-state index in [2.05, 4.69) is 0 Å². The van der Waals surface area contributed by atoms with Crippen molar-refractivity contribution in [2.45, 2.75) is 39.2 Å². The molecule has 0 aliphatic carbocycles. The molecule has 0 aromatic rings. The molecule has 0 bridgehead atoms. The van der Waals surface area contributed by atoms with Gasteiger partial charge in [-0.1, -0.05) is 25.2 Å². The van der Waals surface area contributed by atoms with Crippen molar-refractivity contribution in [1.82, 2.24) is 5.06 Å². The number of carbonyl (C=O) groups is 1. The standard InChI is InChI=1S/C14H26N2O3/c1-5-6-7-8-12(2)13(17)16(4)19-11-14(3,18)9-10-15/h6-8,18H,5,9-11,15H2,1-4H3/b7-6-,12-8+. The number of aliphatic hydroxyl groups is 1. The molecule has 0 fully saturated rings. The van der Waals surface area contributed by atoms with E-state index in [0.717, 1.165) is 11.5 Å². The first kappa shape index (κ1) is 17.8. The number of nitrogens with two attached hydrogens (primary N) is 1. The van der Waals surface area contributed by atoms with Gasteiger partial charge in [0.1, 0.15) is 6.61 Å². The molecule has 0 aromatic carbocycles. The van der Waals surface area contributed by atoms with Crippen LogP contribution in [0.15, 0.2) is 23.8 Å². The summed E-state index contributed by atoms with van der Waals surface area (Å²) in [5.41, 5.74) is 4.93. The molecule has 19 heavy (non-hydrogen) atoms. The summed E-state index contributed by atoms with van der Waals surface area (Å²) in [6.45, 7) is 5.78. The Kier molecular flexibility index (Phi) is 8.30. The Bertz CT molecular complexity index is 336. The van der Waals surface area contributed by atoms with Crippen LogP contribution in [0, 0.1) is 0 Å². The summed E-state index contributed by atoms with van der Waals surface area (Å²) in [5, 5.41) is 11.0. The molecular formula is C14H26N2O3. The molecule has 0 aromatic heterocycles. The van der Waals surface area contributed by atoms with Crippen LogP contribution in [-0.4, -0.2) is 41.9 Å². The summed E-state index contributed by atoms with van der Waals surface area (Å²) in [6, 6.07) is 0. The van der Waals surface area contributed by atoms with Crippen LogP contribution in [-0.2, 0) is 9.63 Å². The van der Waals surface area contributed by atoms with E-state index in [1.807, 2.05) is 19.1 Å². The minimum absolute atomic E-state index is 0.0323. The number of likely N-dealkylation sites (N-methyl/N-ethyl adjacent to an activating group) is 1. The first-order valence-corrected chi connectivity index (χ1v) is 6.51. The molecular weight excluding hydrogens is 244 g/mol. The minimum Gasteiger partial charge on any atom is -0.388 e. The van der Waals surface area contributed by atoms with Crippen molar-refractivity contribution in [3.05, 3.63) is 23.8 Å². The average Bonchev–Trinajstić information content (AvgIpc) is 2.35. The topological polar surface area (TPSA) is 75.8 Å². The van der Waals surface area contributed by atoms with E-state index in [-0.39, 0.29) is 12.5 Å². The third kappa shape index (κ3) is 7.77. The molecule has 0 aliphatic rings. The largest absolute Gasteiger partial charge is 0.388 e. The van der Waals surface area contributed by atoms with E-state index in [1.54, 1.807) is 19.9 Å². The molecule has 1 amide bonds. The smallest absolute Gasteiger partial charge is 0.272 e. The molecule has 1 atom stereocenters. The van der Waals surface area contributed by atoms with Gasteiger partial charge in [-0.2, -0.15) is 0 Å². The summed E-state index contributed by atoms with van der Waals surface area (Å²) in [7, 11) is 1.53. The van der Waals surface area contributed by atoms with Crippen LogP contribution in [0.1, 0.15) is 33.6 Å². The van der Waals surface area contributed by atoms with Gasteiger partial charge in [-0.15, -0.1) is 0 Å². The van der Waals surface area contributed by atoms with Crippen molar-refractivity contribution in [1.29, 1.82) is 0 Å². The summed E-state index contributed by atoms with van der Waals surface area (Å²) in [5.74, 6) is -0.232. The van der Waals surface area contributed by atoms with Crippen LogP contribution in [0.25, 0.3) is 0 Å². The Morgan fingerprint density at radius 3 is 2.68 bits per heavy atom. The van der Waals surface area contributed by atoms with E-state index >= 15 is 0 Å². The zero-order valence-corrected chi connectivity index (χ0v) is 12.3. The summed E-state index contributed by atoms with van der Waals surface area (Å²) < 4.78 is 0. The molecule has 0 heterocycles. The molecule has 5 nitrogen and oxygen atoms in total. The van der Waals surface area contributed by atoms with Crippen LogP contribution in [0.2, 0.25) is 0 Å². The van der Waals surface area contributed by atoms with E-state index in [0.29, 0.717) is 18.5 Å². The molecule has 0 saturated carbocycles. The molecule has 5 heteroatoms. The predicted molar refractivity (Wildman–Crippen MR) is 76.2 cm³/mol. The van der Waals surface area contributed by atoms with Crippen molar-refractivity contribution < 1.29 is 14.7 Å². The van der Waals surface area contributed by atoms with Crippen LogP contribution in [0.3, 0.4) is 0 Å². The van der Waals surface area contributed by atoms with Gasteiger partial charge in [-0.25, -0.2) is 5.06 Å². The normalized spacial score (nSPS) is 15.6. The molecule has 0 radical (unpaired) electrons. The third-order valence-electron chi connectivity index (χ3n) is 2.59. The second-order valence-corrected chi connectivity index (χ2v) is 4.80. The Hall–Kier alpha value is -1.17. The summed E-state index contributed by atoms with van der Waals surface area (Å²) in [4.78, 5) is 17.2. The second kappa shape index (κ2) is 8.85. The lowest BCUT2D eigenvalue weighted by molar-refractivity contribution is -0.193. The molecule has 110 valence electrons. The summed E-state index contributed by atoms with van der Waals surface area (Å²) >= 11 is 0. The molecule has 0 rings (SSSR count). The van der Waals surface area contributed by atoms with Crippen LogP contribution < -0.4 is 5.73 Å². The first-order valence-electron chi connectivity index (χ1n) is 6.51. The highest BCUT2D eigenvalue weighted by atomic mass is 16.7. The molecule has 1 unspecified atom stereocenters. The van der Waals surface area contributed by atoms with Crippen molar-refractivity contribution in [2.24, 2.45) is 5.73 Å². The Morgan fingerprint density at radius 2 is 2.16 bits per heavy atom. The highest BCUT2D eigenvalue weighted by molar-refractivity contribution is 5.92. The van der Waals surface area contributed by atoms with Gasteiger partial charge in [0.15, 0.2) is 0 Å².